The van der Waals surface area contributed by atoms with Gasteiger partial charge in [-0.1, -0.05) is 6.92 Å². The molecule has 0 bridgehead atoms. The maximum absolute atomic E-state index is 5.84. The van der Waals surface area contributed by atoms with Crippen molar-refractivity contribution < 1.29 is 0 Å². The van der Waals surface area contributed by atoms with E-state index in [4.69, 9.17) is 5.73 Å². The predicted octanol–water partition coefficient (Wildman–Crippen LogP) is 1.32. The van der Waals surface area contributed by atoms with Gasteiger partial charge in [-0.2, -0.15) is 5.10 Å². The van der Waals surface area contributed by atoms with Gasteiger partial charge in [0.25, 0.3) is 0 Å². The van der Waals surface area contributed by atoms with Crippen LogP contribution in [0.1, 0.15) is 38.9 Å². The molecule has 1 aromatic rings. The molecule has 1 aliphatic heterocycles. The zero-order valence-electron chi connectivity index (χ0n) is 13.1. The van der Waals surface area contributed by atoms with Gasteiger partial charge in [0.15, 0.2) is 0 Å². The highest BCUT2D eigenvalue weighted by Crippen LogP contribution is 2.12. The lowest BCUT2D eigenvalue weighted by Crippen LogP contribution is -2.51. The van der Waals surface area contributed by atoms with Crippen LogP contribution in [-0.4, -0.2) is 58.3 Å². The van der Waals surface area contributed by atoms with Crippen LogP contribution in [0.2, 0.25) is 0 Å². The Labute approximate surface area is 122 Å². The highest BCUT2D eigenvalue weighted by atomic mass is 15.3. The highest BCUT2D eigenvalue weighted by molar-refractivity contribution is 5.00. The zero-order chi connectivity index (χ0) is 14.5. The third kappa shape index (κ3) is 3.81. The summed E-state index contributed by atoms with van der Waals surface area (Å²) >= 11 is 0. The van der Waals surface area contributed by atoms with Gasteiger partial charge in [-0.15, -0.1) is 0 Å². The molecule has 1 atom stereocenters. The average Bonchev–Trinajstić information content (AvgIpc) is 2.91. The van der Waals surface area contributed by atoms with E-state index < -0.39 is 0 Å². The van der Waals surface area contributed by atoms with Gasteiger partial charge < -0.3 is 5.73 Å². The SMILES string of the molecule is CCC(CN)N1CCN(Cc2ccn(C(C)C)n2)CC1. The van der Waals surface area contributed by atoms with Crippen molar-refractivity contribution in [2.45, 2.75) is 45.8 Å². The average molecular weight is 279 g/mol. The van der Waals surface area contributed by atoms with Crippen LogP contribution >= 0.6 is 0 Å². The second-order valence-electron chi connectivity index (χ2n) is 5.99. The molecule has 2 heterocycles. The van der Waals surface area contributed by atoms with Crippen LogP contribution in [0.3, 0.4) is 0 Å². The fraction of sp³-hybridized carbons (Fsp3) is 0.800. The van der Waals surface area contributed by atoms with Gasteiger partial charge in [0.1, 0.15) is 0 Å². The minimum Gasteiger partial charge on any atom is -0.329 e. The Morgan fingerprint density at radius 2 is 1.95 bits per heavy atom. The summed E-state index contributed by atoms with van der Waals surface area (Å²) in [7, 11) is 0. The van der Waals surface area contributed by atoms with Crippen molar-refractivity contribution in [3.8, 4) is 0 Å². The lowest BCUT2D eigenvalue weighted by Gasteiger charge is -2.38. The van der Waals surface area contributed by atoms with Gasteiger partial charge in [-0.25, -0.2) is 0 Å². The molecule has 0 saturated carbocycles. The molecule has 1 aromatic heterocycles. The molecule has 0 radical (unpaired) electrons. The predicted molar refractivity (Wildman–Crippen MR) is 82.6 cm³/mol. The summed E-state index contributed by atoms with van der Waals surface area (Å²) in [6.45, 7) is 12.8. The van der Waals surface area contributed by atoms with Crippen molar-refractivity contribution in [1.82, 2.24) is 19.6 Å². The van der Waals surface area contributed by atoms with Crippen LogP contribution in [0.25, 0.3) is 0 Å². The molecular weight excluding hydrogens is 250 g/mol. The quantitative estimate of drug-likeness (QED) is 0.853. The first-order valence-electron chi connectivity index (χ1n) is 7.84. The molecule has 1 unspecified atom stereocenters. The van der Waals surface area contributed by atoms with E-state index in [1.807, 2.05) is 4.68 Å². The summed E-state index contributed by atoms with van der Waals surface area (Å²) in [4.78, 5) is 5.02. The number of rotatable bonds is 6. The summed E-state index contributed by atoms with van der Waals surface area (Å²) in [5.74, 6) is 0. The third-order valence-corrected chi connectivity index (χ3v) is 4.24. The molecule has 2 rings (SSSR count). The second kappa shape index (κ2) is 7.20. The first kappa shape index (κ1) is 15.5. The number of aromatic nitrogens is 2. The lowest BCUT2D eigenvalue weighted by molar-refractivity contribution is 0.0917. The fourth-order valence-electron chi connectivity index (χ4n) is 2.84. The van der Waals surface area contributed by atoms with Crippen molar-refractivity contribution in [3.63, 3.8) is 0 Å². The number of nitrogens with two attached hydrogens (primary N) is 1. The van der Waals surface area contributed by atoms with Gasteiger partial charge in [0.2, 0.25) is 0 Å². The van der Waals surface area contributed by atoms with Crippen molar-refractivity contribution in [3.05, 3.63) is 18.0 Å². The minimum atomic E-state index is 0.440. The smallest absolute Gasteiger partial charge is 0.0764 e. The molecule has 5 nitrogen and oxygen atoms in total. The second-order valence-corrected chi connectivity index (χ2v) is 5.99. The molecule has 5 heteroatoms. The molecule has 0 aliphatic carbocycles. The van der Waals surface area contributed by atoms with Crippen LogP contribution in [0.4, 0.5) is 0 Å². The summed E-state index contributed by atoms with van der Waals surface area (Å²) < 4.78 is 2.03. The molecule has 0 aromatic carbocycles. The van der Waals surface area contributed by atoms with Gasteiger partial charge in [0.05, 0.1) is 5.69 Å². The Morgan fingerprint density at radius 3 is 2.45 bits per heavy atom. The van der Waals surface area contributed by atoms with E-state index in [0.717, 1.165) is 45.7 Å². The molecule has 20 heavy (non-hydrogen) atoms. The van der Waals surface area contributed by atoms with E-state index in [-0.39, 0.29) is 0 Å². The van der Waals surface area contributed by atoms with E-state index in [1.54, 1.807) is 0 Å². The molecular formula is C15H29N5. The van der Waals surface area contributed by atoms with Gasteiger partial charge >= 0.3 is 0 Å². The van der Waals surface area contributed by atoms with E-state index in [0.29, 0.717) is 12.1 Å². The molecule has 0 spiro atoms. The summed E-state index contributed by atoms with van der Waals surface area (Å²) in [6, 6.07) is 3.13. The Hall–Kier alpha value is -0.910. The Kier molecular flexibility index (Phi) is 5.57. The molecule has 1 fully saturated rings. The van der Waals surface area contributed by atoms with Crippen LogP contribution < -0.4 is 5.73 Å². The van der Waals surface area contributed by atoms with E-state index in [9.17, 15) is 0 Å². The number of nitrogens with zero attached hydrogens (tertiary/aromatic N) is 4. The molecule has 0 amide bonds. The normalized spacial score (nSPS) is 19.6. The summed E-state index contributed by atoms with van der Waals surface area (Å²) in [5, 5.41) is 4.63. The van der Waals surface area contributed by atoms with Gasteiger partial charge in [0, 0.05) is 57.5 Å². The highest BCUT2D eigenvalue weighted by Gasteiger charge is 2.22. The summed E-state index contributed by atoms with van der Waals surface area (Å²) in [5.41, 5.74) is 7.01. The maximum atomic E-state index is 5.84. The van der Waals surface area contributed by atoms with Gasteiger partial charge in [-0.05, 0) is 26.3 Å². The van der Waals surface area contributed by atoms with Crippen LogP contribution in [-0.2, 0) is 6.54 Å². The van der Waals surface area contributed by atoms with Crippen molar-refractivity contribution in [1.29, 1.82) is 0 Å². The van der Waals surface area contributed by atoms with E-state index in [2.05, 4.69) is 47.9 Å². The van der Waals surface area contributed by atoms with Gasteiger partial charge in [-0.3, -0.25) is 14.5 Å². The molecule has 1 aliphatic rings. The Balaban J connectivity index is 1.81. The standard InChI is InChI=1S/C15H29N5/c1-4-15(11-16)19-9-7-18(8-10-19)12-14-5-6-20(17-14)13(2)3/h5-6,13,15H,4,7-12,16H2,1-3H3. The first-order chi connectivity index (χ1) is 9.63. The monoisotopic (exact) mass is 279 g/mol. The molecule has 2 N–H and O–H groups in total. The molecule has 114 valence electrons. The van der Waals surface area contributed by atoms with Crippen molar-refractivity contribution >= 4 is 0 Å². The van der Waals surface area contributed by atoms with Crippen molar-refractivity contribution in [2.24, 2.45) is 5.73 Å². The maximum Gasteiger partial charge on any atom is 0.0764 e. The molecule has 1 saturated heterocycles. The largest absolute Gasteiger partial charge is 0.329 e. The topological polar surface area (TPSA) is 50.3 Å². The van der Waals surface area contributed by atoms with Crippen LogP contribution in [0.5, 0.6) is 0 Å². The Morgan fingerprint density at radius 1 is 1.25 bits per heavy atom. The van der Waals surface area contributed by atoms with Crippen LogP contribution in [0, 0.1) is 0 Å². The minimum absolute atomic E-state index is 0.440. The zero-order valence-corrected chi connectivity index (χ0v) is 13.1. The third-order valence-electron chi connectivity index (χ3n) is 4.24. The van der Waals surface area contributed by atoms with Crippen LogP contribution in [0.15, 0.2) is 12.3 Å². The first-order valence-corrected chi connectivity index (χ1v) is 7.84. The fourth-order valence-corrected chi connectivity index (χ4v) is 2.84. The van der Waals surface area contributed by atoms with E-state index in [1.165, 1.54) is 5.69 Å². The number of piperazine rings is 1. The number of hydrogen-bond donors (Lipinski definition) is 1. The number of hydrogen-bond acceptors (Lipinski definition) is 4. The lowest BCUT2D eigenvalue weighted by atomic mass is 10.1. The van der Waals surface area contributed by atoms with Crippen molar-refractivity contribution in [2.75, 3.05) is 32.7 Å². The Bertz CT molecular complexity index is 389. The van der Waals surface area contributed by atoms with E-state index >= 15 is 0 Å². The summed E-state index contributed by atoms with van der Waals surface area (Å²) in [6.07, 6.45) is 3.23.